The zero-order valence-electron chi connectivity index (χ0n) is 9.31. The average Bonchev–Trinajstić information content (AvgIpc) is 2.56. The Bertz CT molecular complexity index is 487. The molecule has 2 rings (SSSR count). The van der Waals surface area contributed by atoms with Crippen molar-refractivity contribution >= 4 is 29.0 Å². The zero-order valence-corrected chi connectivity index (χ0v) is 10.1. The van der Waals surface area contributed by atoms with Crippen molar-refractivity contribution < 1.29 is 14.7 Å². The molecule has 0 aliphatic carbocycles. The number of carbonyl (C=O) groups is 2. The van der Waals surface area contributed by atoms with Crippen molar-refractivity contribution in [3.8, 4) is 0 Å². The van der Waals surface area contributed by atoms with Crippen molar-refractivity contribution in [3.05, 3.63) is 29.3 Å². The van der Waals surface area contributed by atoms with Crippen LogP contribution in [-0.2, 0) is 4.79 Å². The van der Waals surface area contributed by atoms with Crippen LogP contribution >= 0.6 is 11.6 Å². The first-order valence-corrected chi connectivity index (χ1v) is 5.79. The highest BCUT2D eigenvalue weighted by Crippen LogP contribution is 2.32. The summed E-state index contributed by atoms with van der Waals surface area (Å²) in [5.74, 6) is -1.09. The lowest BCUT2D eigenvalue weighted by Crippen LogP contribution is -2.37. The quantitative estimate of drug-likeness (QED) is 0.649. The van der Waals surface area contributed by atoms with E-state index in [4.69, 9.17) is 11.6 Å². The van der Waals surface area contributed by atoms with Crippen LogP contribution in [0, 0.1) is 6.92 Å². The van der Waals surface area contributed by atoms with E-state index in [1.165, 1.54) is 4.90 Å². The maximum absolute atomic E-state index is 11.8. The molecule has 1 unspecified atom stereocenters. The highest BCUT2D eigenvalue weighted by molar-refractivity contribution is 6.52. The van der Waals surface area contributed by atoms with E-state index in [1.807, 2.05) is 13.0 Å². The number of aryl methyl sites for hydroxylation is 1. The van der Waals surface area contributed by atoms with Gasteiger partial charge in [0.1, 0.15) is 0 Å². The first kappa shape index (κ1) is 12.1. The Morgan fingerprint density at radius 3 is 2.76 bits per heavy atom. The zero-order chi connectivity index (χ0) is 12.6. The first-order chi connectivity index (χ1) is 8.06. The maximum atomic E-state index is 11.8. The molecule has 0 fully saturated rings. The fourth-order valence-corrected chi connectivity index (χ4v) is 2.07. The van der Waals surface area contributed by atoms with Gasteiger partial charge >= 0.3 is 0 Å². The van der Waals surface area contributed by atoms with E-state index < -0.39 is 17.8 Å². The number of nitrogens with zero attached hydrogens (tertiary/aromatic N) is 1. The summed E-state index contributed by atoms with van der Waals surface area (Å²) < 4.78 is 0. The second-order valence-electron chi connectivity index (χ2n) is 4.02. The van der Waals surface area contributed by atoms with E-state index >= 15 is 0 Å². The van der Waals surface area contributed by atoms with Gasteiger partial charge in [0.2, 0.25) is 0 Å². The van der Waals surface area contributed by atoms with Crippen LogP contribution in [0.5, 0.6) is 0 Å². The molecule has 0 saturated carbocycles. The number of ketones is 1. The van der Waals surface area contributed by atoms with Crippen LogP contribution in [0.2, 0.25) is 0 Å². The number of benzene rings is 1. The van der Waals surface area contributed by atoms with Gasteiger partial charge < -0.3 is 10.0 Å². The molecule has 1 heterocycles. The molecule has 0 radical (unpaired) electrons. The number of anilines is 1. The number of halogens is 1. The van der Waals surface area contributed by atoms with Gasteiger partial charge in [-0.15, -0.1) is 11.6 Å². The van der Waals surface area contributed by atoms with Crippen molar-refractivity contribution in [1.82, 2.24) is 0 Å². The van der Waals surface area contributed by atoms with E-state index in [2.05, 4.69) is 0 Å². The Morgan fingerprint density at radius 2 is 2.12 bits per heavy atom. The molecule has 1 aliphatic heterocycles. The average molecular weight is 254 g/mol. The molecule has 4 nitrogen and oxygen atoms in total. The number of aliphatic hydroxyl groups is 1. The SMILES string of the molecule is Cc1cccc2c1N(CC(O)CCl)C(=O)C2=O. The number of aliphatic hydroxyl groups excluding tert-OH is 1. The molecule has 17 heavy (non-hydrogen) atoms. The molecule has 0 spiro atoms. The van der Waals surface area contributed by atoms with Gasteiger partial charge in [-0.3, -0.25) is 9.59 Å². The second kappa shape index (κ2) is 4.47. The fraction of sp³-hybridized carbons (Fsp3) is 0.333. The topological polar surface area (TPSA) is 57.6 Å². The Hall–Kier alpha value is -1.39. The minimum Gasteiger partial charge on any atom is -0.390 e. The summed E-state index contributed by atoms with van der Waals surface area (Å²) in [7, 11) is 0. The van der Waals surface area contributed by atoms with Gasteiger partial charge in [0.05, 0.1) is 29.8 Å². The molecule has 0 aromatic heterocycles. The molecule has 90 valence electrons. The number of carbonyl (C=O) groups excluding carboxylic acids is 2. The normalized spacial score (nSPS) is 16.3. The van der Waals surface area contributed by atoms with E-state index in [9.17, 15) is 14.7 Å². The minimum atomic E-state index is -0.834. The third-order valence-electron chi connectivity index (χ3n) is 2.76. The van der Waals surface area contributed by atoms with Gasteiger partial charge in [-0.25, -0.2) is 0 Å². The van der Waals surface area contributed by atoms with Crippen molar-refractivity contribution in [2.75, 3.05) is 17.3 Å². The molecule has 1 aromatic rings. The number of Topliss-reactive ketones (excluding diaryl/α,β-unsaturated/α-hetero) is 1. The molecule has 5 heteroatoms. The Morgan fingerprint density at radius 1 is 1.41 bits per heavy atom. The number of fused-ring (bicyclic) bond motifs is 1. The third-order valence-corrected chi connectivity index (χ3v) is 3.12. The van der Waals surface area contributed by atoms with Crippen LogP contribution in [-0.4, -0.2) is 35.3 Å². The fourth-order valence-electron chi connectivity index (χ4n) is 1.97. The predicted octanol–water partition coefficient (Wildman–Crippen LogP) is 1.12. The van der Waals surface area contributed by atoms with E-state index in [-0.39, 0.29) is 12.4 Å². The molecule has 0 bridgehead atoms. The minimum absolute atomic E-state index is 0.0270. The predicted molar refractivity (Wildman–Crippen MR) is 64.6 cm³/mol. The lowest BCUT2D eigenvalue weighted by atomic mass is 10.1. The molecule has 1 aliphatic rings. The van der Waals surface area contributed by atoms with Crippen molar-refractivity contribution in [3.63, 3.8) is 0 Å². The number of para-hydroxylation sites is 1. The molecule has 1 aromatic carbocycles. The standard InChI is InChI=1S/C12H12ClNO3/c1-7-3-2-4-9-10(7)14(6-8(15)5-13)12(17)11(9)16/h2-4,8,15H,5-6H2,1H3. The maximum Gasteiger partial charge on any atom is 0.299 e. The number of hydrogen-bond acceptors (Lipinski definition) is 3. The van der Waals surface area contributed by atoms with Gasteiger partial charge in [0.25, 0.3) is 11.7 Å². The number of β-amino-alcohol motifs (C(OH)–C–C–N with tert-alkyl or cyclic N) is 1. The molecule has 1 amide bonds. The smallest absolute Gasteiger partial charge is 0.299 e. The van der Waals surface area contributed by atoms with Crippen LogP contribution in [0.4, 0.5) is 5.69 Å². The monoisotopic (exact) mass is 253 g/mol. The summed E-state index contributed by atoms with van der Waals surface area (Å²) in [6.07, 6.45) is -0.834. The van der Waals surface area contributed by atoms with Gasteiger partial charge in [-0.2, -0.15) is 0 Å². The van der Waals surface area contributed by atoms with Gasteiger partial charge in [-0.05, 0) is 18.6 Å². The summed E-state index contributed by atoms with van der Waals surface area (Å²) >= 11 is 5.51. The summed E-state index contributed by atoms with van der Waals surface area (Å²) in [5.41, 5.74) is 1.83. The van der Waals surface area contributed by atoms with Crippen LogP contribution < -0.4 is 4.90 Å². The van der Waals surface area contributed by atoms with E-state index in [0.29, 0.717) is 11.3 Å². The highest BCUT2D eigenvalue weighted by Gasteiger charge is 2.37. The van der Waals surface area contributed by atoms with Crippen LogP contribution in [0.15, 0.2) is 18.2 Å². The van der Waals surface area contributed by atoms with Gasteiger partial charge in [0.15, 0.2) is 0 Å². The van der Waals surface area contributed by atoms with Crippen LogP contribution in [0.25, 0.3) is 0 Å². The van der Waals surface area contributed by atoms with Crippen LogP contribution in [0.1, 0.15) is 15.9 Å². The van der Waals surface area contributed by atoms with E-state index in [1.54, 1.807) is 12.1 Å². The number of rotatable bonds is 3. The molecule has 0 saturated heterocycles. The Labute approximate surface area is 104 Å². The summed E-state index contributed by atoms with van der Waals surface area (Å²) in [5, 5.41) is 9.50. The van der Waals surface area contributed by atoms with Crippen LogP contribution in [0.3, 0.4) is 0 Å². The van der Waals surface area contributed by atoms with Gasteiger partial charge in [0, 0.05) is 0 Å². The lowest BCUT2D eigenvalue weighted by Gasteiger charge is -2.20. The number of amides is 1. The Balaban J connectivity index is 2.43. The third kappa shape index (κ3) is 1.94. The molecule has 1 atom stereocenters. The summed E-state index contributed by atoms with van der Waals surface area (Å²) in [6, 6.07) is 5.18. The molecular weight excluding hydrogens is 242 g/mol. The largest absolute Gasteiger partial charge is 0.390 e. The number of hydrogen-bond donors (Lipinski definition) is 1. The Kier molecular flexibility index (Phi) is 3.17. The number of alkyl halides is 1. The second-order valence-corrected chi connectivity index (χ2v) is 4.33. The van der Waals surface area contributed by atoms with Crippen molar-refractivity contribution in [2.24, 2.45) is 0 Å². The highest BCUT2D eigenvalue weighted by atomic mass is 35.5. The van der Waals surface area contributed by atoms with Crippen molar-refractivity contribution in [1.29, 1.82) is 0 Å². The van der Waals surface area contributed by atoms with Crippen molar-refractivity contribution in [2.45, 2.75) is 13.0 Å². The summed E-state index contributed by atoms with van der Waals surface area (Å²) in [6.45, 7) is 1.87. The van der Waals surface area contributed by atoms with Gasteiger partial charge in [-0.1, -0.05) is 12.1 Å². The van der Waals surface area contributed by atoms with E-state index in [0.717, 1.165) is 5.56 Å². The molecule has 1 N–H and O–H groups in total. The first-order valence-electron chi connectivity index (χ1n) is 5.26. The summed E-state index contributed by atoms with van der Waals surface area (Å²) in [4.78, 5) is 24.8. The lowest BCUT2D eigenvalue weighted by molar-refractivity contribution is -0.114. The molecular formula is C12H12ClNO3.